The number of Topliss-reactive ketones (excluding diaryl/α,β-unsaturated/α-hetero) is 1. The van der Waals surface area contributed by atoms with Crippen molar-refractivity contribution in [1.29, 1.82) is 0 Å². The molecule has 1 fully saturated rings. The normalized spacial score (nSPS) is 17.9. The van der Waals surface area contributed by atoms with E-state index in [1.165, 1.54) is 28.4 Å². The molecule has 1 atom stereocenters. The smallest absolute Gasteiger partial charge is 0.301 e. The summed E-state index contributed by atoms with van der Waals surface area (Å²) in [5, 5.41) is 21.9. The van der Waals surface area contributed by atoms with Crippen LogP contribution in [0.1, 0.15) is 17.2 Å². The lowest BCUT2D eigenvalue weighted by Gasteiger charge is -2.23. The maximum Gasteiger partial charge on any atom is 0.301 e. The standard InChI is InChI=1S/C24H15ClN2O4S/c25-15-9-10-17-18(12-15)32-24(26-17)27-20(14-7-4-8-16(28)11-14)19(22(30)23(27)31)21(29)13-5-2-1-3-6-13/h1-12,20,28-29H/b21-19+. The van der Waals surface area contributed by atoms with Crippen LogP contribution in [0.3, 0.4) is 0 Å². The minimum absolute atomic E-state index is 0.0242. The zero-order valence-corrected chi connectivity index (χ0v) is 18.0. The molecule has 1 aliphatic heterocycles. The Balaban J connectivity index is 1.75. The van der Waals surface area contributed by atoms with Gasteiger partial charge in [-0.1, -0.05) is 65.4 Å². The molecular formula is C24H15ClN2O4S. The zero-order chi connectivity index (χ0) is 22.4. The molecule has 8 heteroatoms. The number of aromatic hydroxyl groups is 1. The van der Waals surface area contributed by atoms with Gasteiger partial charge in [0.2, 0.25) is 0 Å². The summed E-state index contributed by atoms with van der Waals surface area (Å²) in [6.07, 6.45) is 0. The molecule has 2 heterocycles. The van der Waals surface area contributed by atoms with Gasteiger partial charge in [-0.15, -0.1) is 0 Å². The van der Waals surface area contributed by atoms with Crippen LogP contribution < -0.4 is 4.90 Å². The maximum atomic E-state index is 13.2. The summed E-state index contributed by atoms with van der Waals surface area (Å²) < 4.78 is 0.757. The number of ketones is 1. The van der Waals surface area contributed by atoms with Crippen LogP contribution in [0.4, 0.5) is 5.13 Å². The number of thiazole rings is 1. The monoisotopic (exact) mass is 462 g/mol. The molecule has 0 aliphatic carbocycles. The van der Waals surface area contributed by atoms with Crippen LogP contribution in [0.25, 0.3) is 16.0 Å². The van der Waals surface area contributed by atoms with Gasteiger partial charge in [-0.25, -0.2) is 4.98 Å². The number of anilines is 1. The Morgan fingerprint density at radius 2 is 1.78 bits per heavy atom. The summed E-state index contributed by atoms with van der Waals surface area (Å²) in [6, 6.07) is 19.0. The topological polar surface area (TPSA) is 90.7 Å². The minimum Gasteiger partial charge on any atom is -0.508 e. The fourth-order valence-electron chi connectivity index (χ4n) is 3.78. The Labute approximate surface area is 191 Å². The molecule has 1 aliphatic rings. The van der Waals surface area contributed by atoms with E-state index in [2.05, 4.69) is 4.98 Å². The lowest BCUT2D eigenvalue weighted by molar-refractivity contribution is -0.132. The predicted molar refractivity (Wildman–Crippen MR) is 124 cm³/mol. The van der Waals surface area contributed by atoms with Gasteiger partial charge >= 0.3 is 5.91 Å². The Morgan fingerprint density at radius 3 is 2.53 bits per heavy atom. The van der Waals surface area contributed by atoms with Crippen molar-refractivity contribution >= 4 is 55.7 Å². The van der Waals surface area contributed by atoms with Crippen LogP contribution in [-0.2, 0) is 9.59 Å². The molecule has 0 spiro atoms. The minimum atomic E-state index is -0.960. The van der Waals surface area contributed by atoms with E-state index in [1.54, 1.807) is 60.7 Å². The molecule has 0 radical (unpaired) electrons. The first-order valence-corrected chi connectivity index (χ1v) is 10.8. The van der Waals surface area contributed by atoms with Crippen molar-refractivity contribution in [2.24, 2.45) is 0 Å². The number of carbonyl (C=O) groups excluding carboxylic acids is 2. The summed E-state index contributed by atoms with van der Waals surface area (Å²) in [6.45, 7) is 0. The van der Waals surface area contributed by atoms with E-state index in [0.717, 1.165) is 4.70 Å². The number of aromatic nitrogens is 1. The van der Waals surface area contributed by atoms with Crippen LogP contribution in [0.2, 0.25) is 5.02 Å². The van der Waals surface area contributed by atoms with Crippen molar-refractivity contribution in [1.82, 2.24) is 4.98 Å². The van der Waals surface area contributed by atoms with Crippen LogP contribution >= 0.6 is 22.9 Å². The number of amides is 1. The van der Waals surface area contributed by atoms with Crippen LogP contribution in [0, 0.1) is 0 Å². The third-order valence-electron chi connectivity index (χ3n) is 5.22. The van der Waals surface area contributed by atoms with Gasteiger partial charge in [0.05, 0.1) is 21.8 Å². The van der Waals surface area contributed by atoms with Crippen molar-refractivity contribution in [2.75, 3.05) is 4.90 Å². The van der Waals surface area contributed by atoms with E-state index in [-0.39, 0.29) is 17.1 Å². The number of rotatable bonds is 3. The molecule has 1 amide bonds. The largest absolute Gasteiger partial charge is 0.508 e. The summed E-state index contributed by atoms with van der Waals surface area (Å²) in [5.41, 5.74) is 1.45. The SMILES string of the molecule is O=C1C(=O)N(c2nc3ccc(Cl)cc3s2)C(c2cccc(O)c2)/C1=C(\O)c1ccccc1. The molecule has 1 aromatic heterocycles. The molecule has 158 valence electrons. The summed E-state index contributed by atoms with van der Waals surface area (Å²) >= 11 is 7.31. The molecule has 4 aromatic rings. The van der Waals surface area contributed by atoms with Crippen molar-refractivity contribution < 1.29 is 19.8 Å². The molecule has 3 aromatic carbocycles. The Kier molecular flexibility index (Phi) is 4.92. The number of phenols is 1. The van der Waals surface area contributed by atoms with Gasteiger partial charge in [-0.3, -0.25) is 14.5 Å². The quantitative estimate of drug-likeness (QED) is 0.245. The zero-order valence-electron chi connectivity index (χ0n) is 16.4. The first-order valence-electron chi connectivity index (χ1n) is 9.65. The average molecular weight is 463 g/mol. The molecular weight excluding hydrogens is 448 g/mol. The second-order valence-electron chi connectivity index (χ2n) is 7.24. The van der Waals surface area contributed by atoms with Gasteiger partial charge < -0.3 is 10.2 Å². The first-order chi connectivity index (χ1) is 15.4. The fraction of sp³-hybridized carbons (Fsp3) is 0.0417. The van der Waals surface area contributed by atoms with Gasteiger partial charge in [0.1, 0.15) is 11.5 Å². The van der Waals surface area contributed by atoms with Crippen molar-refractivity contribution in [3.8, 4) is 5.75 Å². The molecule has 1 unspecified atom stereocenters. The van der Waals surface area contributed by atoms with E-state index in [9.17, 15) is 19.8 Å². The van der Waals surface area contributed by atoms with Gasteiger partial charge in [-0.2, -0.15) is 0 Å². The second-order valence-corrected chi connectivity index (χ2v) is 8.68. The van der Waals surface area contributed by atoms with Crippen molar-refractivity contribution in [3.63, 3.8) is 0 Å². The summed E-state index contributed by atoms with van der Waals surface area (Å²) in [4.78, 5) is 32.1. The highest BCUT2D eigenvalue weighted by atomic mass is 35.5. The number of phenolic OH excluding ortho intramolecular Hbond substituents is 1. The lowest BCUT2D eigenvalue weighted by atomic mass is 9.95. The number of carbonyl (C=O) groups is 2. The lowest BCUT2D eigenvalue weighted by Crippen LogP contribution is -2.29. The Morgan fingerprint density at radius 1 is 1.00 bits per heavy atom. The second kappa shape index (κ2) is 7.78. The highest BCUT2D eigenvalue weighted by Crippen LogP contribution is 2.44. The van der Waals surface area contributed by atoms with E-state index in [0.29, 0.717) is 26.8 Å². The number of benzene rings is 3. The fourth-order valence-corrected chi connectivity index (χ4v) is 5.05. The van der Waals surface area contributed by atoms with Crippen molar-refractivity contribution in [3.05, 3.63) is 94.5 Å². The molecule has 2 N–H and O–H groups in total. The van der Waals surface area contributed by atoms with Crippen LogP contribution in [-0.4, -0.2) is 26.9 Å². The van der Waals surface area contributed by atoms with Gasteiger partial charge in [-0.05, 0) is 35.9 Å². The molecule has 5 rings (SSSR count). The van der Waals surface area contributed by atoms with E-state index < -0.39 is 17.7 Å². The third kappa shape index (κ3) is 3.32. The maximum absolute atomic E-state index is 13.2. The number of hydrogen-bond donors (Lipinski definition) is 2. The van der Waals surface area contributed by atoms with Gasteiger partial charge in [0, 0.05) is 10.6 Å². The first kappa shape index (κ1) is 20.2. The third-order valence-corrected chi connectivity index (χ3v) is 6.48. The number of aliphatic hydroxyl groups excluding tert-OH is 1. The highest BCUT2D eigenvalue weighted by molar-refractivity contribution is 7.22. The van der Waals surface area contributed by atoms with Gasteiger partial charge in [0.15, 0.2) is 5.13 Å². The number of hydrogen-bond acceptors (Lipinski definition) is 6. The average Bonchev–Trinajstić information content (AvgIpc) is 3.32. The summed E-state index contributed by atoms with van der Waals surface area (Å²) in [5.74, 6) is -1.94. The Bertz CT molecular complexity index is 1410. The summed E-state index contributed by atoms with van der Waals surface area (Å²) in [7, 11) is 0. The number of nitrogens with zero attached hydrogens (tertiary/aromatic N) is 2. The van der Waals surface area contributed by atoms with Gasteiger partial charge in [0.25, 0.3) is 5.78 Å². The molecule has 6 nitrogen and oxygen atoms in total. The van der Waals surface area contributed by atoms with E-state index in [1.807, 2.05) is 0 Å². The Hall–Kier alpha value is -3.68. The van der Waals surface area contributed by atoms with Crippen molar-refractivity contribution in [2.45, 2.75) is 6.04 Å². The van der Waals surface area contributed by atoms with Crippen LogP contribution in [0.5, 0.6) is 5.75 Å². The predicted octanol–water partition coefficient (Wildman–Crippen LogP) is 5.28. The highest BCUT2D eigenvalue weighted by Gasteiger charge is 2.48. The molecule has 0 saturated carbocycles. The van der Waals surface area contributed by atoms with E-state index in [4.69, 9.17) is 11.6 Å². The number of halogens is 1. The van der Waals surface area contributed by atoms with E-state index >= 15 is 0 Å². The molecule has 32 heavy (non-hydrogen) atoms. The molecule has 1 saturated heterocycles. The van der Waals surface area contributed by atoms with Crippen LogP contribution in [0.15, 0.2) is 78.4 Å². The molecule has 0 bridgehead atoms. The number of fused-ring (bicyclic) bond motifs is 1. The number of aliphatic hydroxyl groups is 1.